The standard InChI is InChI=1S/C19H23N3O3S2/c1-27(24,25)21-16-5-3-2-4-14(16)15-8-11-26-18(15)19(23)20-17-12-22-9-6-13(17)7-10-22/h2-5,8,11,13,17,21H,6-7,9-10,12H2,1H3,(H,20,23)/t17-/m0/s1. The van der Waals surface area contributed by atoms with Gasteiger partial charge < -0.3 is 10.2 Å². The van der Waals surface area contributed by atoms with Crippen LogP contribution in [0.4, 0.5) is 5.69 Å². The lowest BCUT2D eigenvalue weighted by molar-refractivity contribution is 0.0623. The first-order valence-electron chi connectivity index (χ1n) is 9.08. The lowest BCUT2D eigenvalue weighted by atomic mass is 9.84. The number of carbonyl (C=O) groups is 1. The third kappa shape index (κ3) is 4.02. The number of piperidine rings is 3. The second kappa shape index (κ2) is 7.26. The molecule has 1 atom stereocenters. The van der Waals surface area contributed by atoms with Gasteiger partial charge in [0.1, 0.15) is 0 Å². The first kappa shape index (κ1) is 18.5. The van der Waals surface area contributed by atoms with Gasteiger partial charge in [-0.2, -0.15) is 0 Å². The Kier molecular flexibility index (Phi) is 4.96. The van der Waals surface area contributed by atoms with Gasteiger partial charge in [-0.3, -0.25) is 9.52 Å². The van der Waals surface area contributed by atoms with E-state index in [9.17, 15) is 13.2 Å². The molecule has 144 valence electrons. The minimum atomic E-state index is -3.41. The predicted octanol–water partition coefficient (Wildman–Crippen LogP) is 2.61. The summed E-state index contributed by atoms with van der Waals surface area (Å²) in [6.07, 6.45) is 3.41. The molecular formula is C19H23N3O3S2. The number of hydrogen-bond donors (Lipinski definition) is 2. The first-order valence-corrected chi connectivity index (χ1v) is 11.9. The van der Waals surface area contributed by atoms with Crippen molar-refractivity contribution in [2.24, 2.45) is 5.92 Å². The molecule has 3 fully saturated rings. The van der Waals surface area contributed by atoms with Crippen molar-refractivity contribution in [2.75, 3.05) is 30.6 Å². The highest BCUT2D eigenvalue weighted by molar-refractivity contribution is 7.92. The molecule has 1 aromatic heterocycles. The van der Waals surface area contributed by atoms with Crippen molar-refractivity contribution in [3.63, 3.8) is 0 Å². The summed E-state index contributed by atoms with van der Waals surface area (Å²) in [4.78, 5) is 16.0. The Bertz CT molecular complexity index is 947. The van der Waals surface area contributed by atoms with Crippen molar-refractivity contribution in [3.05, 3.63) is 40.6 Å². The topological polar surface area (TPSA) is 78.5 Å². The lowest BCUT2D eigenvalue weighted by Gasteiger charge is -2.44. The molecule has 6 nitrogen and oxygen atoms in total. The zero-order valence-electron chi connectivity index (χ0n) is 15.1. The van der Waals surface area contributed by atoms with Gasteiger partial charge in [0.15, 0.2) is 0 Å². The second-order valence-corrected chi connectivity index (χ2v) is 9.97. The minimum Gasteiger partial charge on any atom is -0.347 e. The highest BCUT2D eigenvalue weighted by atomic mass is 32.2. The lowest BCUT2D eigenvalue weighted by Crippen LogP contribution is -2.57. The Balaban J connectivity index is 1.59. The zero-order chi connectivity index (χ0) is 19.0. The van der Waals surface area contributed by atoms with Crippen molar-refractivity contribution >= 4 is 33.0 Å². The van der Waals surface area contributed by atoms with Crippen LogP contribution >= 0.6 is 11.3 Å². The number of rotatable bonds is 5. The van der Waals surface area contributed by atoms with Crippen molar-refractivity contribution in [1.29, 1.82) is 0 Å². The fourth-order valence-corrected chi connectivity index (χ4v) is 5.46. The fraction of sp³-hybridized carbons (Fsp3) is 0.421. The van der Waals surface area contributed by atoms with E-state index in [2.05, 4.69) is 14.9 Å². The van der Waals surface area contributed by atoms with Crippen molar-refractivity contribution in [3.8, 4) is 11.1 Å². The predicted molar refractivity (Wildman–Crippen MR) is 109 cm³/mol. The van der Waals surface area contributed by atoms with E-state index in [-0.39, 0.29) is 11.9 Å². The van der Waals surface area contributed by atoms with E-state index >= 15 is 0 Å². The molecule has 5 rings (SSSR count). The SMILES string of the molecule is CS(=O)(=O)Nc1ccccc1-c1ccsc1C(=O)N[C@H]1CN2CCC1CC2. The smallest absolute Gasteiger partial charge is 0.262 e. The van der Waals surface area contributed by atoms with Crippen molar-refractivity contribution < 1.29 is 13.2 Å². The molecule has 2 aromatic rings. The van der Waals surface area contributed by atoms with E-state index in [0.29, 0.717) is 22.0 Å². The second-order valence-electron chi connectivity index (χ2n) is 7.30. The number of amides is 1. The number of hydrogen-bond acceptors (Lipinski definition) is 5. The van der Waals surface area contributed by atoms with Gasteiger partial charge in [0.2, 0.25) is 10.0 Å². The average molecular weight is 406 g/mol. The number of nitrogens with zero attached hydrogens (tertiary/aromatic N) is 1. The molecule has 27 heavy (non-hydrogen) atoms. The third-order valence-electron chi connectivity index (χ3n) is 5.36. The molecule has 4 heterocycles. The van der Waals surface area contributed by atoms with Gasteiger partial charge in [-0.05, 0) is 49.4 Å². The molecule has 3 aliphatic rings. The summed E-state index contributed by atoms with van der Waals surface area (Å²) in [5, 5.41) is 5.09. The van der Waals surface area contributed by atoms with Crippen LogP contribution in [0.25, 0.3) is 11.1 Å². The van der Waals surface area contributed by atoms with E-state index in [1.807, 2.05) is 23.6 Å². The molecule has 0 spiro atoms. The summed E-state index contributed by atoms with van der Waals surface area (Å²) in [5.74, 6) is 0.481. The molecular weight excluding hydrogens is 382 g/mol. The number of para-hydroxylation sites is 1. The summed E-state index contributed by atoms with van der Waals surface area (Å²) in [6, 6.07) is 9.23. The highest BCUT2D eigenvalue weighted by Crippen LogP contribution is 2.35. The molecule has 3 aliphatic heterocycles. The zero-order valence-corrected chi connectivity index (χ0v) is 16.8. The number of benzene rings is 1. The number of sulfonamides is 1. The maximum Gasteiger partial charge on any atom is 0.262 e. The van der Waals surface area contributed by atoms with Crippen LogP contribution in [0.5, 0.6) is 0 Å². The van der Waals surface area contributed by atoms with E-state index in [4.69, 9.17) is 0 Å². The van der Waals surface area contributed by atoms with Gasteiger partial charge in [0.05, 0.1) is 16.8 Å². The van der Waals surface area contributed by atoms with Gasteiger partial charge >= 0.3 is 0 Å². The number of fused-ring (bicyclic) bond motifs is 3. The average Bonchev–Trinajstić information content (AvgIpc) is 3.11. The van der Waals surface area contributed by atoms with Gasteiger partial charge in [-0.15, -0.1) is 11.3 Å². The fourth-order valence-electron chi connectivity index (χ4n) is 4.07. The summed E-state index contributed by atoms with van der Waals surface area (Å²) < 4.78 is 25.9. The van der Waals surface area contributed by atoms with Crippen LogP contribution in [0.2, 0.25) is 0 Å². The van der Waals surface area contributed by atoms with Crippen LogP contribution in [0.15, 0.2) is 35.7 Å². The quantitative estimate of drug-likeness (QED) is 0.802. The molecule has 2 bridgehead atoms. The molecule has 2 N–H and O–H groups in total. The molecule has 3 saturated heterocycles. The molecule has 0 unspecified atom stereocenters. The summed E-state index contributed by atoms with van der Waals surface area (Å²) in [6.45, 7) is 3.18. The summed E-state index contributed by atoms with van der Waals surface area (Å²) >= 11 is 1.38. The Morgan fingerprint density at radius 2 is 1.89 bits per heavy atom. The molecule has 8 heteroatoms. The van der Waals surface area contributed by atoms with Crippen LogP contribution in [-0.4, -0.2) is 51.2 Å². The number of carbonyl (C=O) groups excluding carboxylic acids is 1. The minimum absolute atomic E-state index is 0.0760. The van der Waals surface area contributed by atoms with Gasteiger partial charge in [0, 0.05) is 23.7 Å². The first-order chi connectivity index (χ1) is 12.9. The monoisotopic (exact) mass is 405 g/mol. The Hall–Kier alpha value is -1.90. The maximum absolute atomic E-state index is 13.0. The Morgan fingerprint density at radius 1 is 1.15 bits per heavy atom. The summed E-state index contributed by atoms with van der Waals surface area (Å²) in [7, 11) is -3.41. The molecule has 0 aliphatic carbocycles. The highest BCUT2D eigenvalue weighted by Gasteiger charge is 2.35. The summed E-state index contributed by atoms with van der Waals surface area (Å²) in [5.41, 5.74) is 1.95. The van der Waals surface area contributed by atoms with E-state index in [1.165, 1.54) is 11.3 Å². The third-order valence-corrected chi connectivity index (χ3v) is 6.86. The largest absolute Gasteiger partial charge is 0.347 e. The van der Waals surface area contributed by atoms with Gasteiger partial charge in [-0.25, -0.2) is 8.42 Å². The molecule has 0 radical (unpaired) electrons. The van der Waals surface area contributed by atoms with Crippen LogP contribution in [0, 0.1) is 5.92 Å². The number of anilines is 1. The van der Waals surface area contributed by atoms with Crippen LogP contribution in [-0.2, 0) is 10.0 Å². The van der Waals surface area contributed by atoms with E-state index in [1.54, 1.807) is 12.1 Å². The Labute approximate surface area is 163 Å². The normalized spacial score (nSPS) is 24.6. The molecule has 1 amide bonds. The van der Waals surface area contributed by atoms with Crippen LogP contribution in [0.1, 0.15) is 22.5 Å². The van der Waals surface area contributed by atoms with Crippen LogP contribution in [0.3, 0.4) is 0 Å². The van der Waals surface area contributed by atoms with E-state index < -0.39 is 10.0 Å². The van der Waals surface area contributed by atoms with Crippen molar-refractivity contribution in [1.82, 2.24) is 10.2 Å². The van der Waals surface area contributed by atoms with Crippen LogP contribution < -0.4 is 10.0 Å². The van der Waals surface area contributed by atoms with Gasteiger partial charge in [-0.1, -0.05) is 18.2 Å². The molecule has 1 aromatic carbocycles. The van der Waals surface area contributed by atoms with Gasteiger partial charge in [0.25, 0.3) is 5.91 Å². The van der Waals surface area contributed by atoms with Crippen molar-refractivity contribution in [2.45, 2.75) is 18.9 Å². The van der Waals surface area contributed by atoms with E-state index in [0.717, 1.165) is 44.3 Å². The maximum atomic E-state index is 13.0. The molecule has 0 saturated carbocycles. The number of thiophene rings is 1. The Morgan fingerprint density at radius 3 is 2.56 bits per heavy atom. The number of nitrogens with one attached hydrogen (secondary N) is 2.